The first-order valence-electron chi connectivity index (χ1n) is 6.55. The van der Waals surface area contributed by atoms with Crippen LogP contribution in [-0.2, 0) is 0 Å². The van der Waals surface area contributed by atoms with Gasteiger partial charge in [0.2, 0.25) is 0 Å². The maximum absolute atomic E-state index is 3.28. The molecule has 0 amide bonds. The van der Waals surface area contributed by atoms with E-state index in [1.165, 1.54) is 0 Å². The number of anilines is 2. The molecule has 2 rings (SSSR count). The van der Waals surface area contributed by atoms with Crippen LogP contribution >= 0.6 is 0 Å². The van der Waals surface area contributed by atoms with E-state index in [2.05, 4.69) is 54.2 Å². The Kier molecular flexibility index (Phi) is 7.27. The average molecular weight is 258 g/mol. The normalized spacial score (nSPS) is 9.75. The van der Waals surface area contributed by atoms with Gasteiger partial charge in [-0.3, -0.25) is 0 Å². The third-order valence-corrected chi connectivity index (χ3v) is 2.90. The van der Waals surface area contributed by atoms with Crippen molar-refractivity contribution < 1.29 is 18.9 Å². The molecule has 0 saturated carbocycles. The van der Waals surface area contributed by atoms with Gasteiger partial charge >= 0.3 is 18.9 Å². The third-order valence-electron chi connectivity index (χ3n) is 2.90. The molecular weight excluding hydrogens is 239 g/mol. The Morgan fingerprint density at radius 2 is 1.95 bits per heavy atom. The van der Waals surface area contributed by atoms with E-state index in [0.29, 0.717) is 0 Å². The van der Waals surface area contributed by atoms with Crippen LogP contribution in [0.5, 0.6) is 0 Å². The fourth-order valence-electron chi connectivity index (χ4n) is 1.97. The van der Waals surface area contributed by atoms with Crippen molar-refractivity contribution in [3.05, 3.63) is 60.7 Å². The third kappa shape index (κ3) is 4.95. The van der Waals surface area contributed by atoms with Gasteiger partial charge in [0.25, 0.3) is 0 Å². The zero-order valence-electron chi connectivity index (χ0n) is 12.6. The zero-order valence-corrected chi connectivity index (χ0v) is 12.6. The standard InChI is InChI=1S/C17H19N2.Li/c1-18(2)14-9-15-19(16-10-5-3-6-11-16)17-12-7-4-8-13-17;/h3-7,10,12H,9,14-15H2,1-2H3;/q-1;+1. The number of hydrogen-bond donors (Lipinski definition) is 0. The summed E-state index contributed by atoms with van der Waals surface area (Å²) >= 11 is 0. The van der Waals surface area contributed by atoms with Gasteiger partial charge in [0.15, 0.2) is 0 Å². The van der Waals surface area contributed by atoms with E-state index in [1.54, 1.807) is 0 Å². The van der Waals surface area contributed by atoms with Crippen LogP contribution in [0.1, 0.15) is 6.42 Å². The molecule has 20 heavy (non-hydrogen) atoms. The quantitative estimate of drug-likeness (QED) is 0.539. The molecule has 0 heterocycles. The van der Waals surface area contributed by atoms with Crippen molar-refractivity contribution in [2.75, 3.05) is 32.1 Å². The molecule has 0 aromatic heterocycles. The van der Waals surface area contributed by atoms with Crippen molar-refractivity contribution in [3.8, 4) is 0 Å². The van der Waals surface area contributed by atoms with Crippen LogP contribution in [0.4, 0.5) is 11.4 Å². The van der Waals surface area contributed by atoms with E-state index < -0.39 is 0 Å². The van der Waals surface area contributed by atoms with Crippen molar-refractivity contribution in [2.45, 2.75) is 6.42 Å². The summed E-state index contributed by atoms with van der Waals surface area (Å²) in [5, 5.41) is 0. The topological polar surface area (TPSA) is 6.48 Å². The first-order valence-corrected chi connectivity index (χ1v) is 6.55. The maximum Gasteiger partial charge on any atom is 1.00 e. The Hall–Kier alpha value is -1.38. The van der Waals surface area contributed by atoms with Gasteiger partial charge in [-0.1, -0.05) is 17.8 Å². The van der Waals surface area contributed by atoms with Crippen LogP contribution in [0.25, 0.3) is 0 Å². The largest absolute Gasteiger partial charge is 1.00 e. The Morgan fingerprint density at radius 1 is 1.10 bits per heavy atom. The van der Waals surface area contributed by atoms with E-state index in [1.807, 2.05) is 30.3 Å². The van der Waals surface area contributed by atoms with Crippen molar-refractivity contribution in [1.82, 2.24) is 4.90 Å². The molecule has 0 fully saturated rings. The molecule has 0 atom stereocenters. The Balaban J connectivity index is 0.00000200. The predicted octanol–water partition coefficient (Wildman–Crippen LogP) is 0.181. The van der Waals surface area contributed by atoms with Gasteiger partial charge in [-0.2, -0.15) is 24.3 Å². The summed E-state index contributed by atoms with van der Waals surface area (Å²) < 4.78 is 0. The Bertz CT molecular complexity index is 431. The minimum atomic E-state index is 0. The Labute approximate surface area is 134 Å². The molecule has 0 N–H and O–H groups in total. The molecule has 0 saturated heterocycles. The second-order valence-corrected chi connectivity index (χ2v) is 4.74. The van der Waals surface area contributed by atoms with Crippen LogP contribution in [0.3, 0.4) is 0 Å². The summed E-state index contributed by atoms with van der Waals surface area (Å²) in [5.41, 5.74) is 2.13. The first-order chi connectivity index (χ1) is 9.27. The minimum absolute atomic E-state index is 0. The number of rotatable bonds is 6. The molecular formula is C17H19LiN2. The van der Waals surface area contributed by atoms with Crippen LogP contribution in [-0.4, -0.2) is 32.1 Å². The van der Waals surface area contributed by atoms with E-state index in [9.17, 15) is 0 Å². The molecule has 0 aliphatic carbocycles. The molecule has 0 unspecified atom stereocenters. The second-order valence-electron chi connectivity index (χ2n) is 4.74. The van der Waals surface area contributed by atoms with Gasteiger partial charge < -0.3 is 9.80 Å². The molecule has 2 aromatic carbocycles. The van der Waals surface area contributed by atoms with Crippen molar-refractivity contribution in [1.29, 1.82) is 0 Å². The maximum atomic E-state index is 3.28. The number of hydrogen-bond acceptors (Lipinski definition) is 2. The average Bonchev–Trinajstić information content (AvgIpc) is 2.45. The number of benzene rings is 1. The van der Waals surface area contributed by atoms with Gasteiger partial charge in [0.1, 0.15) is 0 Å². The summed E-state index contributed by atoms with van der Waals surface area (Å²) in [6.07, 6.45) is 1.10. The van der Waals surface area contributed by atoms with Crippen molar-refractivity contribution >= 4 is 11.4 Å². The summed E-state index contributed by atoms with van der Waals surface area (Å²) in [7, 11) is 4.20. The van der Waals surface area contributed by atoms with Crippen molar-refractivity contribution in [2.24, 2.45) is 0 Å². The van der Waals surface area contributed by atoms with Gasteiger partial charge in [-0.25, -0.2) is 0 Å². The van der Waals surface area contributed by atoms with Gasteiger partial charge in [0, 0.05) is 6.54 Å². The fraction of sp³-hybridized carbons (Fsp3) is 0.294. The first kappa shape index (κ1) is 16.7. The van der Waals surface area contributed by atoms with Crippen LogP contribution in [0.2, 0.25) is 0 Å². The van der Waals surface area contributed by atoms with E-state index in [0.717, 1.165) is 30.9 Å². The monoisotopic (exact) mass is 258 g/mol. The van der Waals surface area contributed by atoms with Crippen molar-refractivity contribution in [3.63, 3.8) is 0 Å². The molecule has 0 aliphatic heterocycles. The molecule has 3 heteroatoms. The molecule has 0 spiro atoms. The molecule has 2 nitrogen and oxygen atoms in total. The SMILES string of the molecule is CN(C)CCCN(c1c#cccc1)c1[c-]cccc1.[Li+]. The Morgan fingerprint density at radius 3 is 2.55 bits per heavy atom. The molecule has 0 radical (unpaired) electrons. The number of para-hydroxylation sites is 1. The molecule has 0 aliphatic rings. The fourth-order valence-corrected chi connectivity index (χ4v) is 1.97. The van der Waals surface area contributed by atoms with Gasteiger partial charge in [-0.05, 0) is 45.3 Å². The van der Waals surface area contributed by atoms with E-state index in [4.69, 9.17) is 0 Å². The molecule has 98 valence electrons. The zero-order chi connectivity index (χ0) is 13.5. The van der Waals surface area contributed by atoms with E-state index >= 15 is 0 Å². The number of nitrogens with zero attached hydrogens (tertiary/aromatic N) is 2. The summed E-state index contributed by atoms with van der Waals surface area (Å²) in [4.78, 5) is 4.44. The van der Waals surface area contributed by atoms with E-state index in [-0.39, 0.29) is 18.9 Å². The summed E-state index contributed by atoms with van der Waals surface area (Å²) in [6, 6.07) is 23.5. The summed E-state index contributed by atoms with van der Waals surface area (Å²) in [6.45, 7) is 2.02. The second kappa shape index (κ2) is 8.72. The van der Waals surface area contributed by atoms with Gasteiger partial charge in [-0.15, -0.1) is 6.07 Å². The smallest absolute Gasteiger partial charge is 0.358 e. The van der Waals surface area contributed by atoms with Crippen LogP contribution < -0.4 is 23.8 Å². The molecule has 0 bridgehead atoms. The van der Waals surface area contributed by atoms with Gasteiger partial charge in [0.05, 0.1) is 5.69 Å². The van der Waals surface area contributed by atoms with Crippen LogP contribution in [0, 0.1) is 18.2 Å². The minimum Gasteiger partial charge on any atom is -0.358 e. The molecule has 2 aromatic rings. The summed E-state index contributed by atoms with van der Waals surface area (Å²) in [5.74, 6) is 0. The predicted molar refractivity (Wildman–Crippen MR) is 79.6 cm³/mol. The van der Waals surface area contributed by atoms with Crippen LogP contribution in [0.15, 0.2) is 42.5 Å².